The van der Waals surface area contributed by atoms with Crippen molar-refractivity contribution in [2.45, 2.75) is 0 Å². The van der Waals surface area contributed by atoms with Gasteiger partial charge in [-0.2, -0.15) is 5.10 Å². The Labute approximate surface area is 86.2 Å². The lowest BCUT2D eigenvalue weighted by Gasteiger charge is -1.97. The van der Waals surface area contributed by atoms with Gasteiger partial charge in [0.25, 0.3) is 0 Å². The molecular formula is C9H10N4O2. The van der Waals surface area contributed by atoms with Crippen LogP contribution in [0.15, 0.2) is 35.4 Å². The number of hydrazone groups is 1. The number of nitrogens with two attached hydrogens (primary N) is 1. The third-order valence-corrected chi connectivity index (χ3v) is 1.42. The highest BCUT2D eigenvalue weighted by Crippen LogP contribution is 1.92. The number of carbonyl (C=O) groups excluding carboxylic acids is 2. The van der Waals surface area contributed by atoms with Crippen LogP contribution in [0, 0.1) is 0 Å². The molecule has 0 saturated heterocycles. The van der Waals surface area contributed by atoms with Crippen LogP contribution in [0.3, 0.4) is 0 Å². The number of carbonyl (C=O) groups is 2. The molecule has 4 amide bonds. The summed E-state index contributed by atoms with van der Waals surface area (Å²) in [5.74, 6) is 0. The van der Waals surface area contributed by atoms with Gasteiger partial charge in [0.1, 0.15) is 0 Å². The van der Waals surface area contributed by atoms with E-state index in [0.717, 1.165) is 5.56 Å². The number of hydrogen-bond donors (Lipinski definition) is 3. The van der Waals surface area contributed by atoms with E-state index in [1.807, 2.05) is 30.3 Å². The van der Waals surface area contributed by atoms with Crippen molar-refractivity contribution in [1.29, 1.82) is 0 Å². The molecule has 1 aromatic carbocycles. The Morgan fingerprint density at radius 2 is 1.93 bits per heavy atom. The highest BCUT2D eigenvalue weighted by atomic mass is 16.2. The molecular weight excluding hydrogens is 196 g/mol. The maximum Gasteiger partial charge on any atom is 0.343 e. The fourth-order valence-corrected chi connectivity index (χ4v) is 0.844. The van der Waals surface area contributed by atoms with E-state index in [0.29, 0.717) is 0 Å². The lowest BCUT2D eigenvalue weighted by molar-refractivity contribution is 0.232. The van der Waals surface area contributed by atoms with Gasteiger partial charge in [-0.05, 0) is 5.56 Å². The van der Waals surface area contributed by atoms with E-state index in [9.17, 15) is 9.59 Å². The van der Waals surface area contributed by atoms with E-state index in [1.54, 1.807) is 5.32 Å². The first-order valence-corrected chi connectivity index (χ1v) is 4.13. The number of urea groups is 2. The maximum absolute atomic E-state index is 10.8. The number of rotatable bonds is 2. The van der Waals surface area contributed by atoms with Crippen molar-refractivity contribution in [1.82, 2.24) is 10.7 Å². The van der Waals surface area contributed by atoms with Crippen LogP contribution in [0.4, 0.5) is 9.59 Å². The highest BCUT2D eigenvalue weighted by Gasteiger charge is 1.99. The lowest BCUT2D eigenvalue weighted by Crippen LogP contribution is -2.40. The number of hydrogen-bond acceptors (Lipinski definition) is 3. The molecule has 4 N–H and O–H groups in total. The molecule has 1 aromatic rings. The van der Waals surface area contributed by atoms with Gasteiger partial charge in [0.15, 0.2) is 0 Å². The predicted octanol–water partition coefficient (Wildman–Crippen LogP) is 0.398. The first-order chi connectivity index (χ1) is 7.18. The third-order valence-electron chi connectivity index (χ3n) is 1.42. The molecule has 0 aliphatic carbocycles. The van der Waals surface area contributed by atoms with Crippen LogP contribution in [0.25, 0.3) is 0 Å². The van der Waals surface area contributed by atoms with Crippen LogP contribution in [-0.4, -0.2) is 18.3 Å². The van der Waals surface area contributed by atoms with Gasteiger partial charge >= 0.3 is 12.1 Å². The normalized spacial score (nSPS) is 9.87. The van der Waals surface area contributed by atoms with Crippen LogP contribution >= 0.6 is 0 Å². The van der Waals surface area contributed by atoms with Gasteiger partial charge in [0.2, 0.25) is 0 Å². The van der Waals surface area contributed by atoms with Crippen molar-refractivity contribution >= 4 is 18.3 Å². The molecule has 0 spiro atoms. The molecule has 0 aromatic heterocycles. The Bertz CT molecular complexity index is 375. The van der Waals surface area contributed by atoms with E-state index < -0.39 is 12.1 Å². The minimum atomic E-state index is -0.928. The summed E-state index contributed by atoms with van der Waals surface area (Å²) in [6.07, 6.45) is 1.45. The molecule has 0 radical (unpaired) electrons. The van der Waals surface area contributed by atoms with Crippen LogP contribution in [0.1, 0.15) is 5.56 Å². The zero-order valence-corrected chi connectivity index (χ0v) is 7.81. The molecule has 0 heterocycles. The van der Waals surface area contributed by atoms with E-state index >= 15 is 0 Å². The van der Waals surface area contributed by atoms with E-state index in [2.05, 4.69) is 10.5 Å². The molecule has 0 saturated carbocycles. The molecule has 78 valence electrons. The summed E-state index contributed by atoms with van der Waals surface area (Å²) in [5, 5.41) is 5.40. The van der Waals surface area contributed by atoms with Gasteiger partial charge in [0, 0.05) is 0 Å². The average Bonchev–Trinajstić information content (AvgIpc) is 2.18. The standard InChI is InChI=1S/C9H10N4O2/c10-8(14)12-9(15)13-11-6-7-4-2-1-3-5-7/h1-6H,(H4,10,12,13,14,15)/b11-6+. The van der Waals surface area contributed by atoms with Crippen LogP contribution in [0.5, 0.6) is 0 Å². The van der Waals surface area contributed by atoms with Gasteiger partial charge in [0.05, 0.1) is 6.21 Å². The van der Waals surface area contributed by atoms with Crippen molar-refractivity contribution in [3.8, 4) is 0 Å². The molecule has 0 aliphatic rings. The average molecular weight is 206 g/mol. The van der Waals surface area contributed by atoms with Crippen molar-refractivity contribution in [2.75, 3.05) is 0 Å². The quantitative estimate of drug-likeness (QED) is 0.482. The number of benzene rings is 1. The summed E-state index contributed by atoms with van der Waals surface area (Å²) >= 11 is 0. The van der Waals surface area contributed by atoms with Crippen molar-refractivity contribution in [2.24, 2.45) is 10.8 Å². The summed E-state index contributed by atoms with van der Waals surface area (Å²) in [5.41, 5.74) is 7.62. The molecule has 0 atom stereocenters. The van der Waals surface area contributed by atoms with Gasteiger partial charge in [-0.1, -0.05) is 30.3 Å². The van der Waals surface area contributed by atoms with Gasteiger partial charge in [-0.15, -0.1) is 0 Å². The zero-order chi connectivity index (χ0) is 11.1. The molecule has 6 nitrogen and oxygen atoms in total. The second kappa shape index (κ2) is 5.38. The minimum Gasteiger partial charge on any atom is -0.351 e. The Hall–Kier alpha value is -2.37. The third kappa shape index (κ3) is 4.41. The zero-order valence-electron chi connectivity index (χ0n) is 7.81. The summed E-state index contributed by atoms with van der Waals surface area (Å²) < 4.78 is 0. The molecule has 0 fully saturated rings. The molecule has 15 heavy (non-hydrogen) atoms. The second-order valence-corrected chi connectivity index (χ2v) is 2.60. The van der Waals surface area contributed by atoms with Gasteiger partial charge < -0.3 is 5.73 Å². The summed E-state index contributed by atoms with van der Waals surface area (Å²) in [4.78, 5) is 21.0. The number of imide groups is 1. The van der Waals surface area contributed by atoms with E-state index in [1.165, 1.54) is 6.21 Å². The number of nitrogens with zero attached hydrogens (tertiary/aromatic N) is 1. The second-order valence-electron chi connectivity index (χ2n) is 2.60. The number of primary amides is 1. The molecule has 1 rings (SSSR count). The fraction of sp³-hybridized carbons (Fsp3) is 0. The first-order valence-electron chi connectivity index (χ1n) is 4.13. The molecule has 0 bridgehead atoms. The number of nitrogens with one attached hydrogen (secondary N) is 2. The smallest absolute Gasteiger partial charge is 0.343 e. The Morgan fingerprint density at radius 3 is 2.53 bits per heavy atom. The predicted molar refractivity (Wildman–Crippen MR) is 55.3 cm³/mol. The fourth-order valence-electron chi connectivity index (χ4n) is 0.844. The van der Waals surface area contributed by atoms with Crippen molar-refractivity contribution < 1.29 is 9.59 Å². The maximum atomic E-state index is 10.8. The topological polar surface area (TPSA) is 96.6 Å². The largest absolute Gasteiger partial charge is 0.351 e. The number of amides is 4. The van der Waals surface area contributed by atoms with Crippen LogP contribution in [-0.2, 0) is 0 Å². The van der Waals surface area contributed by atoms with E-state index in [4.69, 9.17) is 5.73 Å². The van der Waals surface area contributed by atoms with Crippen LogP contribution in [0.2, 0.25) is 0 Å². The first kappa shape index (κ1) is 10.7. The molecule has 0 unspecified atom stereocenters. The minimum absolute atomic E-state index is 0.769. The Balaban J connectivity index is 2.40. The van der Waals surface area contributed by atoms with Crippen molar-refractivity contribution in [3.05, 3.63) is 35.9 Å². The Kier molecular flexibility index (Phi) is 3.84. The lowest BCUT2D eigenvalue weighted by atomic mass is 10.2. The summed E-state index contributed by atoms with van der Waals surface area (Å²) in [6.45, 7) is 0. The monoisotopic (exact) mass is 206 g/mol. The van der Waals surface area contributed by atoms with Gasteiger partial charge in [-0.3, -0.25) is 5.32 Å². The SMILES string of the molecule is NC(=O)NC(=O)N/N=C/c1ccccc1. The molecule has 6 heteroatoms. The van der Waals surface area contributed by atoms with Crippen LogP contribution < -0.4 is 16.5 Å². The van der Waals surface area contributed by atoms with E-state index in [-0.39, 0.29) is 0 Å². The Morgan fingerprint density at radius 1 is 1.27 bits per heavy atom. The highest BCUT2D eigenvalue weighted by molar-refractivity contribution is 5.92. The van der Waals surface area contributed by atoms with Crippen molar-refractivity contribution in [3.63, 3.8) is 0 Å². The molecule has 0 aliphatic heterocycles. The van der Waals surface area contributed by atoms with Gasteiger partial charge in [-0.25, -0.2) is 15.0 Å². The summed E-state index contributed by atoms with van der Waals surface area (Å²) in [7, 11) is 0. The summed E-state index contributed by atoms with van der Waals surface area (Å²) in [6, 6.07) is 7.48.